The van der Waals surface area contributed by atoms with Crippen molar-refractivity contribution in [3.63, 3.8) is 0 Å². The molecule has 0 aliphatic rings. The molecule has 0 bridgehead atoms. The quantitative estimate of drug-likeness (QED) is 0.0560. The molecule has 2 N–H and O–H groups in total. The fourth-order valence-corrected chi connectivity index (χ4v) is 5.07. The average Bonchev–Trinajstić information content (AvgIpc) is 3.17. The molecule has 10 nitrogen and oxygen atoms in total. The minimum absolute atomic E-state index is 0.288. The SMILES string of the molecule is CCC(C)COC(=O)c1ccc(-c2ccc(OC(=O)c3ccc(OC(=O)CCCCCCCCCCCOC(=O)C(C)(CO)CO)cc3)cc2)cc1. The molecule has 282 valence electrons. The van der Waals surface area contributed by atoms with Gasteiger partial charge in [-0.15, -0.1) is 0 Å². The first-order valence-electron chi connectivity index (χ1n) is 18.4. The van der Waals surface area contributed by atoms with Crippen LogP contribution in [-0.2, 0) is 19.1 Å². The smallest absolute Gasteiger partial charge is 0.343 e. The summed E-state index contributed by atoms with van der Waals surface area (Å²) in [6.07, 6.45) is 10.0. The van der Waals surface area contributed by atoms with Crippen molar-refractivity contribution >= 4 is 23.9 Å². The third kappa shape index (κ3) is 14.2. The molecule has 0 aliphatic carbocycles. The van der Waals surface area contributed by atoms with E-state index in [0.29, 0.717) is 41.6 Å². The summed E-state index contributed by atoms with van der Waals surface area (Å²) in [5.74, 6) is -0.686. The zero-order valence-electron chi connectivity index (χ0n) is 30.8. The Hall–Kier alpha value is -4.54. The van der Waals surface area contributed by atoms with E-state index in [0.717, 1.165) is 75.3 Å². The van der Waals surface area contributed by atoms with Gasteiger partial charge >= 0.3 is 23.9 Å². The van der Waals surface area contributed by atoms with Crippen LogP contribution in [-0.4, -0.2) is 60.5 Å². The van der Waals surface area contributed by atoms with E-state index in [4.69, 9.17) is 18.9 Å². The maximum atomic E-state index is 12.7. The normalized spacial score (nSPS) is 11.8. The maximum absolute atomic E-state index is 12.7. The molecule has 10 heteroatoms. The zero-order chi connectivity index (χ0) is 37.8. The van der Waals surface area contributed by atoms with Crippen molar-refractivity contribution in [3.05, 3.63) is 83.9 Å². The summed E-state index contributed by atoms with van der Waals surface area (Å²) in [4.78, 5) is 49.2. The third-order valence-electron chi connectivity index (χ3n) is 8.99. The first kappa shape index (κ1) is 41.9. The Morgan fingerprint density at radius 1 is 0.615 bits per heavy atom. The molecule has 3 aromatic rings. The number of aliphatic hydroxyl groups is 2. The van der Waals surface area contributed by atoms with E-state index in [9.17, 15) is 29.4 Å². The number of carbonyl (C=O) groups excluding carboxylic acids is 4. The van der Waals surface area contributed by atoms with E-state index in [1.165, 1.54) is 6.92 Å². The van der Waals surface area contributed by atoms with E-state index in [1.54, 1.807) is 48.5 Å². The lowest BCUT2D eigenvalue weighted by molar-refractivity contribution is -0.160. The Morgan fingerprint density at radius 2 is 1.08 bits per heavy atom. The molecule has 0 aliphatic heterocycles. The van der Waals surface area contributed by atoms with Crippen molar-refractivity contribution in [1.29, 1.82) is 0 Å². The molecule has 3 rings (SSSR count). The summed E-state index contributed by atoms with van der Waals surface area (Å²) in [6.45, 7) is 5.36. The van der Waals surface area contributed by atoms with Crippen LogP contribution in [0, 0.1) is 11.3 Å². The van der Waals surface area contributed by atoms with Crippen molar-refractivity contribution in [3.8, 4) is 22.6 Å². The van der Waals surface area contributed by atoms with Gasteiger partial charge in [-0.2, -0.15) is 0 Å². The van der Waals surface area contributed by atoms with Crippen LogP contribution in [0.4, 0.5) is 0 Å². The van der Waals surface area contributed by atoms with Gasteiger partial charge in [0.05, 0.1) is 37.6 Å². The molecular formula is C42H54O10. The Balaban J connectivity index is 1.27. The standard InChI is InChI=1S/C42H54O10/c1-4-31(2)28-50-39(46)34-17-15-32(16-18-34)33-19-23-37(24-20-33)52-40(47)35-21-25-36(26-22-35)51-38(45)14-12-10-8-6-5-7-9-11-13-27-49-41(48)42(3,29-43)30-44/h15-26,31,43-44H,4-14,27-30H2,1-3H3. The highest BCUT2D eigenvalue weighted by Gasteiger charge is 2.33. The minimum Gasteiger partial charge on any atom is -0.465 e. The molecule has 52 heavy (non-hydrogen) atoms. The van der Waals surface area contributed by atoms with Gasteiger partial charge in [-0.05, 0) is 85.3 Å². The molecule has 0 saturated carbocycles. The summed E-state index contributed by atoms with van der Waals surface area (Å²) in [7, 11) is 0. The van der Waals surface area contributed by atoms with E-state index >= 15 is 0 Å². The zero-order valence-corrected chi connectivity index (χ0v) is 30.8. The molecule has 1 atom stereocenters. The minimum atomic E-state index is -1.25. The van der Waals surface area contributed by atoms with Crippen LogP contribution in [0.15, 0.2) is 72.8 Å². The summed E-state index contributed by atoms with van der Waals surface area (Å²) in [5.41, 5.74) is 1.39. The van der Waals surface area contributed by atoms with Gasteiger partial charge in [0.1, 0.15) is 16.9 Å². The Kier molecular flexibility index (Phi) is 18.0. The number of hydrogen-bond acceptors (Lipinski definition) is 10. The van der Waals surface area contributed by atoms with Gasteiger partial charge in [0.15, 0.2) is 0 Å². The number of unbranched alkanes of at least 4 members (excludes halogenated alkanes) is 8. The van der Waals surface area contributed by atoms with Crippen molar-refractivity contribution in [2.75, 3.05) is 26.4 Å². The second-order valence-corrected chi connectivity index (χ2v) is 13.5. The number of hydrogen-bond donors (Lipinski definition) is 2. The predicted molar refractivity (Wildman–Crippen MR) is 198 cm³/mol. The molecule has 0 radical (unpaired) electrons. The fourth-order valence-electron chi connectivity index (χ4n) is 5.07. The lowest BCUT2D eigenvalue weighted by atomic mass is 9.93. The number of benzene rings is 3. The highest BCUT2D eigenvalue weighted by molar-refractivity contribution is 5.91. The Bertz CT molecular complexity index is 1530. The van der Waals surface area contributed by atoms with Crippen LogP contribution >= 0.6 is 0 Å². The number of aliphatic hydroxyl groups excluding tert-OH is 2. The van der Waals surface area contributed by atoms with Crippen molar-refractivity contribution < 1.29 is 48.3 Å². The third-order valence-corrected chi connectivity index (χ3v) is 8.99. The molecule has 0 amide bonds. The monoisotopic (exact) mass is 718 g/mol. The fraction of sp³-hybridized carbons (Fsp3) is 0.476. The topological polar surface area (TPSA) is 146 Å². The number of ether oxygens (including phenoxy) is 4. The van der Waals surface area contributed by atoms with Crippen molar-refractivity contribution in [1.82, 2.24) is 0 Å². The molecule has 0 saturated heterocycles. The van der Waals surface area contributed by atoms with Crippen LogP contribution < -0.4 is 9.47 Å². The van der Waals surface area contributed by atoms with Crippen molar-refractivity contribution in [2.45, 2.75) is 91.4 Å². The van der Waals surface area contributed by atoms with E-state index in [-0.39, 0.29) is 18.5 Å². The highest BCUT2D eigenvalue weighted by atomic mass is 16.5. The lowest BCUT2D eigenvalue weighted by Gasteiger charge is -2.22. The molecule has 0 spiro atoms. The van der Waals surface area contributed by atoms with Crippen LogP contribution in [0.3, 0.4) is 0 Å². The number of rotatable bonds is 23. The summed E-state index contributed by atoms with van der Waals surface area (Å²) in [6, 6.07) is 20.5. The van der Waals surface area contributed by atoms with E-state index in [2.05, 4.69) is 6.92 Å². The van der Waals surface area contributed by atoms with Crippen LogP contribution in [0.2, 0.25) is 0 Å². The predicted octanol–water partition coefficient (Wildman–Crippen LogP) is 8.12. The molecule has 3 aromatic carbocycles. The first-order chi connectivity index (χ1) is 25.1. The molecule has 0 fully saturated rings. The van der Waals surface area contributed by atoms with Gasteiger partial charge in [0.25, 0.3) is 0 Å². The first-order valence-corrected chi connectivity index (χ1v) is 18.4. The van der Waals surface area contributed by atoms with Crippen LogP contribution in [0.5, 0.6) is 11.5 Å². The molecule has 0 heterocycles. The summed E-state index contributed by atoms with van der Waals surface area (Å²) in [5, 5.41) is 18.5. The number of esters is 4. The summed E-state index contributed by atoms with van der Waals surface area (Å²) < 4.78 is 21.5. The largest absolute Gasteiger partial charge is 0.465 e. The molecule has 0 aromatic heterocycles. The molecular weight excluding hydrogens is 664 g/mol. The Morgan fingerprint density at radius 3 is 1.63 bits per heavy atom. The van der Waals surface area contributed by atoms with Gasteiger partial charge in [0, 0.05) is 6.42 Å². The van der Waals surface area contributed by atoms with Crippen molar-refractivity contribution in [2.24, 2.45) is 11.3 Å². The second kappa shape index (κ2) is 22.4. The molecule has 1 unspecified atom stereocenters. The van der Waals surface area contributed by atoms with E-state index in [1.807, 2.05) is 31.2 Å². The highest BCUT2D eigenvalue weighted by Crippen LogP contribution is 2.24. The Labute approximate surface area is 307 Å². The maximum Gasteiger partial charge on any atom is 0.343 e. The van der Waals surface area contributed by atoms with E-state index < -0.39 is 30.6 Å². The van der Waals surface area contributed by atoms with Gasteiger partial charge in [-0.25, -0.2) is 9.59 Å². The second-order valence-electron chi connectivity index (χ2n) is 13.5. The van der Waals surface area contributed by atoms with Crippen LogP contribution in [0.1, 0.15) is 112 Å². The van der Waals surface area contributed by atoms with Gasteiger partial charge < -0.3 is 29.2 Å². The van der Waals surface area contributed by atoms with Gasteiger partial charge in [0.2, 0.25) is 0 Å². The van der Waals surface area contributed by atoms with Gasteiger partial charge in [-0.3, -0.25) is 9.59 Å². The van der Waals surface area contributed by atoms with Gasteiger partial charge in [-0.1, -0.05) is 89.5 Å². The van der Waals surface area contributed by atoms with Crippen LogP contribution in [0.25, 0.3) is 11.1 Å². The summed E-state index contributed by atoms with van der Waals surface area (Å²) >= 11 is 0. The average molecular weight is 719 g/mol. The lowest BCUT2D eigenvalue weighted by Crippen LogP contribution is -2.37. The number of carbonyl (C=O) groups is 4.